The topological polar surface area (TPSA) is 83.5 Å². The van der Waals surface area contributed by atoms with Crippen LogP contribution < -0.4 is 18.9 Å². The minimum absolute atomic E-state index is 0.161. The number of nitrogens with zero attached hydrogens (tertiary/aromatic N) is 1. The average Bonchev–Trinajstić information content (AvgIpc) is 2.94. The number of fused-ring (bicyclic) bond motifs is 1. The Bertz CT molecular complexity index is 1270. The number of carbonyl (C=O) groups excluding carboxylic acids is 2. The van der Waals surface area contributed by atoms with Crippen molar-refractivity contribution >= 4 is 11.9 Å². The zero-order valence-corrected chi connectivity index (χ0v) is 21.0. The van der Waals surface area contributed by atoms with Crippen LogP contribution in [0, 0.1) is 0 Å². The largest absolute Gasteiger partial charge is 0.493 e. The molecule has 0 radical (unpaired) electrons. The molecule has 1 aliphatic heterocycles. The Balaban J connectivity index is 1.83. The molecule has 0 unspecified atom stereocenters. The van der Waals surface area contributed by atoms with E-state index < -0.39 is 12.0 Å². The van der Waals surface area contributed by atoms with Gasteiger partial charge in [0.05, 0.1) is 47.2 Å². The van der Waals surface area contributed by atoms with E-state index in [1.807, 2.05) is 35.2 Å². The summed E-state index contributed by atoms with van der Waals surface area (Å²) in [4.78, 5) is 27.5. The first-order valence-corrected chi connectivity index (χ1v) is 11.4. The van der Waals surface area contributed by atoms with Gasteiger partial charge in [-0.25, -0.2) is 4.79 Å². The van der Waals surface area contributed by atoms with E-state index in [0.717, 1.165) is 16.7 Å². The molecule has 0 N–H and O–H groups in total. The molecule has 0 aromatic heterocycles. The van der Waals surface area contributed by atoms with Gasteiger partial charge in [-0.2, -0.15) is 0 Å². The zero-order valence-electron chi connectivity index (χ0n) is 21.0. The summed E-state index contributed by atoms with van der Waals surface area (Å²) in [6, 6.07) is 15.6. The summed E-state index contributed by atoms with van der Waals surface area (Å²) in [6.45, 7) is 0.485. The number of hydrogen-bond donors (Lipinski definition) is 0. The Morgan fingerprint density at radius 2 is 1.31 bits per heavy atom. The van der Waals surface area contributed by atoms with Crippen molar-refractivity contribution in [3.05, 3.63) is 82.4 Å². The number of esters is 1. The van der Waals surface area contributed by atoms with Crippen LogP contribution in [0.3, 0.4) is 0 Å². The van der Waals surface area contributed by atoms with Gasteiger partial charge in [0, 0.05) is 12.1 Å². The molecule has 0 fully saturated rings. The van der Waals surface area contributed by atoms with E-state index >= 15 is 0 Å². The highest BCUT2D eigenvalue weighted by molar-refractivity contribution is 5.97. The molecule has 0 saturated heterocycles. The molecular weight excluding hydrogens is 462 g/mol. The van der Waals surface area contributed by atoms with E-state index in [2.05, 4.69) is 0 Å². The molecule has 0 bridgehead atoms. The fraction of sp³-hybridized carbons (Fsp3) is 0.286. The van der Waals surface area contributed by atoms with Crippen molar-refractivity contribution in [1.82, 2.24) is 4.90 Å². The second-order valence-electron chi connectivity index (χ2n) is 8.24. The van der Waals surface area contributed by atoms with Crippen LogP contribution in [0.1, 0.15) is 43.4 Å². The Kier molecular flexibility index (Phi) is 7.33. The molecule has 36 heavy (non-hydrogen) atoms. The minimum Gasteiger partial charge on any atom is -0.493 e. The maximum atomic E-state index is 13.8. The highest BCUT2D eigenvalue weighted by atomic mass is 16.5. The fourth-order valence-corrected chi connectivity index (χ4v) is 4.58. The summed E-state index contributed by atoms with van der Waals surface area (Å²) in [5.74, 6) is 1.77. The molecular formula is C28H29NO7. The fourth-order valence-electron chi connectivity index (χ4n) is 4.58. The standard InChI is InChI=1S/C28H29NO7/c1-32-22-11-10-20(15-23(22)33-2)26-21-16-25(35-4)24(34-3)14-19(21)12-13-29(26)27(30)17-6-8-18(9-7-17)28(31)36-5/h6-11,14-16,26H,12-13H2,1-5H3/t26-/m0/s1. The van der Waals surface area contributed by atoms with Crippen molar-refractivity contribution in [2.45, 2.75) is 12.5 Å². The SMILES string of the molecule is COC(=O)c1ccc(C(=O)N2CCc3cc(OC)c(OC)cc3[C@@H]2c2ccc(OC)c(OC)c2)cc1. The van der Waals surface area contributed by atoms with E-state index in [4.69, 9.17) is 23.7 Å². The van der Waals surface area contributed by atoms with Gasteiger partial charge < -0.3 is 28.6 Å². The number of methoxy groups -OCH3 is 5. The molecule has 0 aliphatic carbocycles. The van der Waals surface area contributed by atoms with E-state index in [1.165, 1.54) is 7.11 Å². The van der Waals surface area contributed by atoms with E-state index in [0.29, 0.717) is 47.1 Å². The quantitative estimate of drug-likeness (QED) is 0.456. The number of carbonyl (C=O) groups is 2. The second kappa shape index (κ2) is 10.6. The maximum absolute atomic E-state index is 13.8. The molecule has 0 spiro atoms. The Morgan fingerprint density at radius 3 is 1.92 bits per heavy atom. The smallest absolute Gasteiger partial charge is 0.337 e. The summed E-state index contributed by atoms with van der Waals surface area (Å²) in [7, 11) is 7.68. The monoisotopic (exact) mass is 491 g/mol. The predicted molar refractivity (Wildman–Crippen MR) is 133 cm³/mol. The zero-order chi connectivity index (χ0) is 25.8. The number of benzene rings is 3. The van der Waals surface area contributed by atoms with Gasteiger partial charge in [-0.3, -0.25) is 4.79 Å². The highest BCUT2D eigenvalue weighted by Gasteiger charge is 2.34. The molecule has 8 heteroatoms. The van der Waals surface area contributed by atoms with Gasteiger partial charge in [-0.15, -0.1) is 0 Å². The molecule has 188 valence electrons. The van der Waals surface area contributed by atoms with Gasteiger partial charge in [-0.1, -0.05) is 6.07 Å². The van der Waals surface area contributed by atoms with Crippen molar-refractivity contribution in [2.24, 2.45) is 0 Å². The third kappa shape index (κ3) is 4.54. The van der Waals surface area contributed by atoms with Crippen LogP contribution in [-0.2, 0) is 11.2 Å². The molecule has 1 atom stereocenters. The van der Waals surface area contributed by atoms with E-state index in [1.54, 1.807) is 52.7 Å². The third-order valence-corrected chi connectivity index (χ3v) is 6.41. The van der Waals surface area contributed by atoms with Gasteiger partial charge in [0.25, 0.3) is 5.91 Å². The van der Waals surface area contributed by atoms with Crippen LogP contribution in [0.4, 0.5) is 0 Å². The number of amides is 1. The van der Waals surface area contributed by atoms with Crippen molar-refractivity contribution in [2.75, 3.05) is 42.1 Å². The first kappa shape index (κ1) is 24.9. The van der Waals surface area contributed by atoms with Gasteiger partial charge in [0.15, 0.2) is 23.0 Å². The van der Waals surface area contributed by atoms with Gasteiger partial charge >= 0.3 is 5.97 Å². The Morgan fingerprint density at radius 1 is 0.722 bits per heavy atom. The Labute approximate surface area is 210 Å². The van der Waals surface area contributed by atoms with Crippen molar-refractivity contribution < 1.29 is 33.3 Å². The lowest BCUT2D eigenvalue weighted by Gasteiger charge is -2.38. The first-order valence-electron chi connectivity index (χ1n) is 11.4. The van der Waals surface area contributed by atoms with Crippen LogP contribution in [0.15, 0.2) is 54.6 Å². The van der Waals surface area contributed by atoms with Crippen LogP contribution in [-0.4, -0.2) is 58.9 Å². The lowest BCUT2D eigenvalue weighted by atomic mass is 9.87. The van der Waals surface area contributed by atoms with Gasteiger partial charge in [0.2, 0.25) is 0 Å². The van der Waals surface area contributed by atoms with Crippen LogP contribution in [0.5, 0.6) is 23.0 Å². The molecule has 4 rings (SSSR count). The molecule has 8 nitrogen and oxygen atoms in total. The molecule has 3 aromatic rings. The highest BCUT2D eigenvalue weighted by Crippen LogP contribution is 2.43. The van der Waals surface area contributed by atoms with Crippen molar-refractivity contribution in [1.29, 1.82) is 0 Å². The third-order valence-electron chi connectivity index (χ3n) is 6.41. The van der Waals surface area contributed by atoms with Crippen LogP contribution >= 0.6 is 0 Å². The van der Waals surface area contributed by atoms with E-state index in [9.17, 15) is 9.59 Å². The van der Waals surface area contributed by atoms with Gasteiger partial charge in [0.1, 0.15) is 0 Å². The summed E-state index contributed by atoms with van der Waals surface area (Å²) in [6.07, 6.45) is 0.644. The summed E-state index contributed by atoms with van der Waals surface area (Å²) < 4.78 is 26.8. The lowest BCUT2D eigenvalue weighted by molar-refractivity contribution is 0.0599. The number of hydrogen-bond acceptors (Lipinski definition) is 7. The van der Waals surface area contributed by atoms with Crippen LogP contribution in [0.25, 0.3) is 0 Å². The van der Waals surface area contributed by atoms with Crippen molar-refractivity contribution in [3.8, 4) is 23.0 Å². The van der Waals surface area contributed by atoms with Crippen molar-refractivity contribution in [3.63, 3.8) is 0 Å². The first-order chi connectivity index (χ1) is 17.4. The second-order valence-corrected chi connectivity index (χ2v) is 8.24. The van der Waals surface area contributed by atoms with E-state index in [-0.39, 0.29) is 5.91 Å². The normalized spacial score (nSPS) is 14.5. The molecule has 0 saturated carbocycles. The molecule has 3 aromatic carbocycles. The molecule has 1 amide bonds. The Hall–Kier alpha value is -4.20. The number of rotatable bonds is 7. The molecule has 1 aliphatic rings. The maximum Gasteiger partial charge on any atom is 0.337 e. The predicted octanol–water partition coefficient (Wildman–Crippen LogP) is 4.30. The minimum atomic E-state index is -0.454. The lowest BCUT2D eigenvalue weighted by Crippen LogP contribution is -2.40. The molecule has 1 heterocycles. The summed E-state index contributed by atoms with van der Waals surface area (Å²) in [5.41, 5.74) is 3.71. The number of ether oxygens (including phenoxy) is 5. The summed E-state index contributed by atoms with van der Waals surface area (Å²) >= 11 is 0. The summed E-state index contributed by atoms with van der Waals surface area (Å²) in [5, 5.41) is 0. The average molecular weight is 492 g/mol. The van der Waals surface area contributed by atoms with Crippen LogP contribution in [0.2, 0.25) is 0 Å². The van der Waals surface area contributed by atoms with Gasteiger partial charge in [-0.05, 0) is 71.6 Å².